The summed E-state index contributed by atoms with van der Waals surface area (Å²) >= 11 is 0. The Morgan fingerprint density at radius 2 is 2.12 bits per heavy atom. The molecule has 0 aliphatic heterocycles. The van der Waals surface area contributed by atoms with Crippen LogP contribution >= 0.6 is 0 Å². The van der Waals surface area contributed by atoms with Gasteiger partial charge in [-0.2, -0.15) is 4.98 Å². The van der Waals surface area contributed by atoms with Crippen LogP contribution in [0.1, 0.15) is 38.9 Å². The molecule has 0 atom stereocenters. The summed E-state index contributed by atoms with van der Waals surface area (Å²) in [5.74, 6) is 1.37. The molecule has 0 fully saturated rings. The summed E-state index contributed by atoms with van der Waals surface area (Å²) in [6.07, 6.45) is 1.82. The van der Waals surface area contributed by atoms with Crippen LogP contribution < -0.4 is 0 Å². The molecule has 1 heterocycles. The van der Waals surface area contributed by atoms with Crippen LogP contribution in [0.2, 0.25) is 0 Å². The summed E-state index contributed by atoms with van der Waals surface area (Å²) in [4.78, 5) is 6.24. The van der Waals surface area contributed by atoms with Gasteiger partial charge in [-0.3, -0.25) is 4.90 Å². The predicted octanol–water partition coefficient (Wildman–Crippen LogP) is 1.22. The van der Waals surface area contributed by atoms with Crippen LogP contribution in [-0.2, 0) is 13.0 Å². The molecule has 92 valence electrons. The van der Waals surface area contributed by atoms with Gasteiger partial charge in [0.1, 0.15) is 0 Å². The van der Waals surface area contributed by atoms with Gasteiger partial charge in [-0.05, 0) is 27.3 Å². The Bertz CT molecular complexity index is 317. The zero-order valence-electron chi connectivity index (χ0n) is 10.5. The Morgan fingerprint density at radius 1 is 1.44 bits per heavy atom. The smallest absolute Gasteiger partial charge is 0.226 e. The van der Waals surface area contributed by atoms with Crippen molar-refractivity contribution in [2.45, 2.75) is 45.8 Å². The molecule has 0 saturated carbocycles. The second-order valence-electron chi connectivity index (χ2n) is 4.84. The molecule has 0 aromatic carbocycles. The minimum absolute atomic E-state index is 0.574. The maximum Gasteiger partial charge on any atom is 0.226 e. The van der Waals surface area contributed by atoms with E-state index < -0.39 is 5.60 Å². The number of aryl methyl sites for hydroxylation is 1. The highest BCUT2D eigenvalue weighted by atomic mass is 16.5. The van der Waals surface area contributed by atoms with Crippen molar-refractivity contribution in [3.8, 4) is 0 Å². The molecule has 5 nitrogen and oxygen atoms in total. The van der Waals surface area contributed by atoms with Gasteiger partial charge in [-0.15, -0.1) is 0 Å². The lowest BCUT2D eigenvalue weighted by Crippen LogP contribution is -2.36. The Morgan fingerprint density at radius 3 is 2.69 bits per heavy atom. The van der Waals surface area contributed by atoms with Gasteiger partial charge < -0.3 is 9.63 Å². The Kier molecular flexibility index (Phi) is 4.44. The van der Waals surface area contributed by atoms with Crippen LogP contribution in [0, 0.1) is 0 Å². The van der Waals surface area contributed by atoms with Crippen molar-refractivity contribution in [3.05, 3.63) is 11.7 Å². The zero-order valence-corrected chi connectivity index (χ0v) is 10.5. The fourth-order valence-corrected chi connectivity index (χ4v) is 1.63. The SMILES string of the molecule is CCCc1nc(CN(C)CC(C)(C)O)no1. The fraction of sp³-hybridized carbons (Fsp3) is 0.818. The van der Waals surface area contributed by atoms with E-state index >= 15 is 0 Å². The molecule has 1 rings (SSSR count). The van der Waals surface area contributed by atoms with Gasteiger partial charge in [0.15, 0.2) is 5.82 Å². The second-order valence-corrected chi connectivity index (χ2v) is 4.84. The van der Waals surface area contributed by atoms with E-state index in [2.05, 4.69) is 17.1 Å². The lowest BCUT2D eigenvalue weighted by Gasteiger charge is -2.24. The summed E-state index contributed by atoms with van der Waals surface area (Å²) in [5, 5.41) is 13.5. The number of hydrogen-bond donors (Lipinski definition) is 1. The zero-order chi connectivity index (χ0) is 12.2. The summed E-state index contributed by atoms with van der Waals surface area (Å²) in [6, 6.07) is 0. The first-order valence-corrected chi connectivity index (χ1v) is 5.63. The van der Waals surface area contributed by atoms with Gasteiger partial charge in [-0.1, -0.05) is 12.1 Å². The number of rotatable bonds is 6. The second kappa shape index (κ2) is 5.41. The summed E-state index contributed by atoms with van der Waals surface area (Å²) < 4.78 is 5.09. The Balaban J connectivity index is 2.46. The van der Waals surface area contributed by atoms with Crippen molar-refractivity contribution in [1.82, 2.24) is 15.0 Å². The maximum atomic E-state index is 9.65. The maximum absolute atomic E-state index is 9.65. The van der Waals surface area contributed by atoms with Crippen molar-refractivity contribution in [3.63, 3.8) is 0 Å². The third-order valence-corrected chi connectivity index (χ3v) is 2.04. The largest absolute Gasteiger partial charge is 0.389 e. The van der Waals surface area contributed by atoms with Crippen molar-refractivity contribution in [2.24, 2.45) is 0 Å². The number of hydrogen-bond acceptors (Lipinski definition) is 5. The molecule has 1 N–H and O–H groups in total. The van der Waals surface area contributed by atoms with Gasteiger partial charge in [-0.25, -0.2) is 0 Å². The third-order valence-electron chi connectivity index (χ3n) is 2.04. The van der Waals surface area contributed by atoms with E-state index in [0.29, 0.717) is 24.8 Å². The molecule has 16 heavy (non-hydrogen) atoms. The standard InChI is InChI=1S/C11H21N3O2/c1-5-6-10-12-9(13-16-10)7-14(4)8-11(2,3)15/h15H,5-8H2,1-4H3. The van der Waals surface area contributed by atoms with E-state index in [-0.39, 0.29) is 0 Å². The molecule has 0 aliphatic rings. The molecular weight excluding hydrogens is 206 g/mol. The molecule has 0 aliphatic carbocycles. The minimum atomic E-state index is -0.704. The molecule has 0 unspecified atom stereocenters. The van der Waals surface area contributed by atoms with E-state index in [9.17, 15) is 5.11 Å². The van der Waals surface area contributed by atoms with Crippen LogP contribution in [0.25, 0.3) is 0 Å². The molecule has 0 radical (unpaired) electrons. The molecule has 1 aromatic rings. The molecule has 1 aromatic heterocycles. The third kappa shape index (κ3) is 4.72. The average molecular weight is 227 g/mol. The van der Waals surface area contributed by atoms with Crippen molar-refractivity contribution in [1.29, 1.82) is 0 Å². The minimum Gasteiger partial charge on any atom is -0.389 e. The van der Waals surface area contributed by atoms with Crippen LogP contribution in [-0.4, -0.2) is 39.3 Å². The predicted molar refractivity (Wildman–Crippen MR) is 60.9 cm³/mol. The van der Waals surface area contributed by atoms with Crippen LogP contribution in [0.3, 0.4) is 0 Å². The topological polar surface area (TPSA) is 62.4 Å². The van der Waals surface area contributed by atoms with Crippen LogP contribution in [0.5, 0.6) is 0 Å². The lowest BCUT2D eigenvalue weighted by atomic mass is 10.1. The van der Waals surface area contributed by atoms with Crippen LogP contribution in [0.4, 0.5) is 0 Å². The summed E-state index contributed by atoms with van der Waals surface area (Å²) in [7, 11) is 1.92. The van der Waals surface area contributed by atoms with Gasteiger partial charge in [0.25, 0.3) is 0 Å². The first kappa shape index (κ1) is 13.1. The van der Waals surface area contributed by atoms with Gasteiger partial charge in [0.2, 0.25) is 5.89 Å². The van der Waals surface area contributed by atoms with Crippen molar-refractivity contribution in [2.75, 3.05) is 13.6 Å². The molecule has 0 amide bonds. The summed E-state index contributed by atoms with van der Waals surface area (Å²) in [5.41, 5.74) is -0.704. The van der Waals surface area contributed by atoms with Crippen molar-refractivity contribution < 1.29 is 9.63 Å². The van der Waals surface area contributed by atoms with Gasteiger partial charge in [0, 0.05) is 13.0 Å². The Hall–Kier alpha value is -0.940. The average Bonchev–Trinajstić information content (AvgIpc) is 2.49. The van der Waals surface area contributed by atoms with Gasteiger partial charge >= 0.3 is 0 Å². The normalized spacial score (nSPS) is 12.4. The van der Waals surface area contributed by atoms with E-state index in [4.69, 9.17) is 4.52 Å². The summed E-state index contributed by atoms with van der Waals surface area (Å²) in [6.45, 7) is 6.80. The molecule has 0 spiro atoms. The number of aliphatic hydroxyl groups is 1. The highest BCUT2D eigenvalue weighted by Gasteiger charge is 2.17. The number of aromatic nitrogens is 2. The highest BCUT2D eigenvalue weighted by molar-refractivity contribution is 4.86. The lowest BCUT2D eigenvalue weighted by molar-refractivity contribution is 0.0416. The highest BCUT2D eigenvalue weighted by Crippen LogP contribution is 2.07. The van der Waals surface area contributed by atoms with E-state index in [1.54, 1.807) is 13.8 Å². The van der Waals surface area contributed by atoms with Crippen molar-refractivity contribution >= 4 is 0 Å². The first-order chi connectivity index (χ1) is 7.40. The quantitative estimate of drug-likeness (QED) is 0.791. The first-order valence-electron chi connectivity index (χ1n) is 5.63. The van der Waals surface area contributed by atoms with Crippen LogP contribution in [0.15, 0.2) is 4.52 Å². The molecule has 0 bridgehead atoms. The number of likely N-dealkylation sites (N-methyl/N-ethyl adjacent to an activating group) is 1. The Labute approximate surface area is 96.5 Å². The van der Waals surface area contributed by atoms with Gasteiger partial charge in [0.05, 0.1) is 12.1 Å². The molecule has 0 saturated heterocycles. The fourth-order valence-electron chi connectivity index (χ4n) is 1.63. The number of nitrogens with zero attached hydrogens (tertiary/aromatic N) is 3. The monoisotopic (exact) mass is 227 g/mol. The van der Waals surface area contributed by atoms with E-state index in [1.165, 1.54) is 0 Å². The van der Waals surface area contributed by atoms with E-state index in [0.717, 1.165) is 12.8 Å². The van der Waals surface area contributed by atoms with E-state index in [1.807, 2.05) is 11.9 Å². The molecule has 5 heteroatoms. The molecular formula is C11H21N3O2.